The summed E-state index contributed by atoms with van der Waals surface area (Å²) in [6, 6.07) is 2.17. The van der Waals surface area contributed by atoms with Gasteiger partial charge in [0.05, 0.1) is 0 Å². The molecule has 1 rings (SSSR count). The molecule has 0 aliphatic carbocycles. The van der Waals surface area contributed by atoms with E-state index in [0.717, 1.165) is 0 Å². The number of rotatable bonds is 2. The number of alkyl halides is 1. The van der Waals surface area contributed by atoms with Crippen LogP contribution in [0.3, 0.4) is 0 Å². The predicted octanol–water partition coefficient (Wildman–Crippen LogP) is 2.00. The van der Waals surface area contributed by atoms with Gasteiger partial charge in [0, 0.05) is 23.9 Å². The van der Waals surface area contributed by atoms with Gasteiger partial charge in [-0.15, -0.1) is 0 Å². The van der Waals surface area contributed by atoms with Crippen LogP contribution < -0.4 is 0 Å². The van der Waals surface area contributed by atoms with Gasteiger partial charge in [-0.05, 0) is 18.1 Å². The van der Waals surface area contributed by atoms with E-state index in [1.54, 1.807) is 0 Å². The maximum absolute atomic E-state index is 2.39. The topological polar surface area (TPSA) is 4.93 Å². The number of nitrogens with zero attached hydrogens (tertiary/aromatic N) is 1. The first-order valence-electron chi connectivity index (χ1n) is 3.00. The number of halogens is 1. The first-order chi connectivity index (χ1) is 4.33. The van der Waals surface area contributed by atoms with Gasteiger partial charge in [-0.25, -0.2) is 0 Å². The van der Waals surface area contributed by atoms with Gasteiger partial charge in [0.15, 0.2) is 0 Å². The minimum Gasteiger partial charge on any atom is -0.357 e. The average molecular weight is 235 g/mol. The smallest absolute Gasteiger partial charge is 0.0106 e. The van der Waals surface area contributed by atoms with Crippen molar-refractivity contribution in [1.82, 2.24) is 4.57 Å². The van der Waals surface area contributed by atoms with Crippen LogP contribution in [-0.4, -0.2) is 8.99 Å². The largest absolute Gasteiger partial charge is 0.357 e. The normalized spacial score (nSPS) is 10.0. The third kappa shape index (κ3) is 2.01. The Morgan fingerprint density at radius 3 is 2.89 bits per heavy atom. The molecule has 0 N–H and O–H groups in total. The lowest BCUT2D eigenvalue weighted by molar-refractivity contribution is 0.920. The summed E-state index contributed by atoms with van der Waals surface area (Å²) in [6.45, 7) is 0. The van der Waals surface area contributed by atoms with Gasteiger partial charge >= 0.3 is 0 Å². The summed E-state index contributed by atoms with van der Waals surface area (Å²) in [5, 5.41) is 0. The van der Waals surface area contributed by atoms with E-state index < -0.39 is 0 Å². The molecule has 0 aliphatic rings. The second kappa shape index (κ2) is 3.25. The minimum atomic E-state index is 1.20. The molecule has 0 saturated carbocycles. The molecule has 1 nitrogen and oxygen atoms in total. The molecule has 0 aliphatic heterocycles. The highest BCUT2D eigenvalue weighted by atomic mass is 127. The van der Waals surface area contributed by atoms with E-state index in [1.807, 2.05) is 0 Å². The lowest BCUT2D eigenvalue weighted by Gasteiger charge is -1.87. The second-order valence-electron chi connectivity index (χ2n) is 2.12. The van der Waals surface area contributed by atoms with Crippen LogP contribution in [0.1, 0.15) is 5.56 Å². The van der Waals surface area contributed by atoms with E-state index in [0.29, 0.717) is 0 Å². The number of aryl methyl sites for hydroxylation is 2. The van der Waals surface area contributed by atoms with E-state index in [9.17, 15) is 0 Å². The van der Waals surface area contributed by atoms with Gasteiger partial charge < -0.3 is 4.57 Å². The fourth-order valence-electron chi connectivity index (χ4n) is 0.818. The van der Waals surface area contributed by atoms with E-state index in [4.69, 9.17) is 0 Å². The van der Waals surface area contributed by atoms with Gasteiger partial charge in [-0.3, -0.25) is 0 Å². The summed E-state index contributed by atoms with van der Waals surface area (Å²) in [4.78, 5) is 0. The molecule has 0 amide bonds. The lowest BCUT2D eigenvalue weighted by atomic mass is 10.3. The van der Waals surface area contributed by atoms with E-state index in [2.05, 4.69) is 52.7 Å². The Kier molecular flexibility index (Phi) is 2.57. The number of aromatic nitrogens is 1. The van der Waals surface area contributed by atoms with Crippen LogP contribution in [-0.2, 0) is 13.5 Å². The summed E-state index contributed by atoms with van der Waals surface area (Å²) < 4.78 is 3.30. The van der Waals surface area contributed by atoms with Crippen LogP contribution >= 0.6 is 22.6 Å². The van der Waals surface area contributed by atoms with Gasteiger partial charge in [0.2, 0.25) is 0 Å². The molecule has 0 radical (unpaired) electrons. The Balaban J connectivity index is 2.61. The van der Waals surface area contributed by atoms with Gasteiger partial charge in [-0.2, -0.15) is 0 Å². The first-order valence-corrected chi connectivity index (χ1v) is 4.52. The standard InChI is InChI=1S/C7H10IN/c1-9-5-3-7(6-9)2-4-8/h3,5-6H,2,4H2,1H3. The second-order valence-corrected chi connectivity index (χ2v) is 3.20. The maximum atomic E-state index is 2.39. The van der Waals surface area contributed by atoms with Gasteiger partial charge in [-0.1, -0.05) is 22.6 Å². The molecule has 1 heterocycles. The van der Waals surface area contributed by atoms with Crippen LogP contribution in [0.25, 0.3) is 0 Å². The summed E-state index contributed by atoms with van der Waals surface area (Å²) in [5.41, 5.74) is 1.44. The molecule has 0 spiro atoms. The van der Waals surface area contributed by atoms with Crippen molar-refractivity contribution in [2.75, 3.05) is 4.43 Å². The Morgan fingerprint density at radius 1 is 1.67 bits per heavy atom. The highest BCUT2D eigenvalue weighted by Gasteiger charge is 1.90. The zero-order chi connectivity index (χ0) is 6.69. The SMILES string of the molecule is Cn1ccc(CCI)c1. The van der Waals surface area contributed by atoms with Crippen molar-refractivity contribution in [3.8, 4) is 0 Å². The Morgan fingerprint density at radius 2 is 2.44 bits per heavy atom. The fourth-order valence-corrected chi connectivity index (χ4v) is 1.44. The minimum absolute atomic E-state index is 1.20. The zero-order valence-corrected chi connectivity index (χ0v) is 7.63. The average Bonchev–Trinajstić information content (AvgIpc) is 2.17. The van der Waals surface area contributed by atoms with Gasteiger partial charge in [0.1, 0.15) is 0 Å². The van der Waals surface area contributed by atoms with Crippen LogP contribution in [0.5, 0.6) is 0 Å². The van der Waals surface area contributed by atoms with Crippen molar-refractivity contribution in [3.63, 3.8) is 0 Å². The van der Waals surface area contributed by atoms with Crippen molar-refractivity contribution < 1.29 is 0 Å². The van der Waals surface area contributed by atoms with Crippen molar-refractivity contribution in [1.29, 1.82) is 0 Å². The Hall–Kier alpha value is 0.01000. The fraction of sp³-hybridized carbons (Fsp3) is 0.429. The van der Waals surface area contributed by atoms with Crippen LogP contribution in [0.2, 0.25) is 0 Å². The van der Waals surface area contributed by atoms with Crippen molar-refractivity contribution in [3.05, 3.63) is 24.0 Å². The molecule has 0 unspecified atom stereocenters. The highest BCUT2D eigenvalue weighted by molar-refractivity contribution is 14.1. The number of hydrogen-bond donors (Lipinski definition) is 0. The Labute approximate surface area is 69.2 Å². The molecular formula is C7H10IN. The van der Waals surface area contributed by atoms with Crippen molar-refractivity contribution >= 4 is 22.6 Å². The summed E-state index contributed by atoms with van der Waals surface area (Å²) in [5.74, 6) is 0. The molecule has 0 fully saturated rings. The third-order valence-corrected chi connectivity index (χ3v) is 1.82. The zero-order valence-electron chi connectivity index (χ0n) is 5.47. The summed E-state index contributed by atoms with van der Waals surface area (Å²) >= 11 is 2.39. The third-order valence-electron chi connectivity index (χ3n) is 1.28. The molecule has 0 atom stereocenters. The molecule has 1 aromatic rings. The molecule has 50 valence electrons. The van der Waals surface area contributed by atoms with Crippen LogP contribution in [0.15, 0.2) is 18.5 Å². The van der Waals surface area contributed by atoms with E-state index >= 15 is 0 Å². The Bertz CT molecular complexity index is 181. The molecule has 2 heteroatoms. The quantitative estimate of drug-likeness (QED) is 0.545. The molecule has 0 aromatic carbocycles. The van der Waals surface area contributed by atoms with Gasteiger partial charge in [0.25, 0.3) is 0 Å². The van der Waals surface area contributed by atoms with Crippen LogP contribution in [0.4, 0.5) is 0 Å². The summed E-state index contributed by atoms with van der Waals surface area (Å²) in [7, 11) is 2.05. The van der Waals surface area contributed by atoms with Crippen molar-refractivity contribution in [2.24, 2.45) is 7.05 Å². The molecule has 0 bridgehead atoms. The summed E-state index contributed by atoms with van der Waals surface area (Å²) in [6.07, 6.45) is 5.45. The van der Waals surface area contributed by atoms with E-state index in [1.165, 1.54) is 16.4 Å². The van der Waals surface area contributed by atoms with Crippen molar-refractivity contribution in [2.45, 2.75) is 6.42 Å². The predicted molar refractivity (Wildman–Crippen MR) is 48.0 cm³/mol. The van der Waals surface area contributed by atoms with Crippen LogP contribution in [0, 0.1) is 0 Å². The molecule has 9 heavy (non-hydrogen) atoms. The maximum Gasteiger partial charge on any atom is 0.0106 e. The highest BCUT2D eigenvalue weighted by Crippen LogP contribution is 2.01. The molecule has 1 aromatic heterocycles. The first kappa shape index (κ1) is 7.12. The van der Waals surface area contributed by atoms with E-state index in [-0.39, 0.29) is 0 Å². The molecular weight excluding hydrogens is 225 g/mol. The lowest BCUT2D eigenvalue weighted by Crippen LogP contribution is -1.82. The number of hydrogen-bond acceptors (Lipinski definition) is 0. The monoisotopic (exact) mass is 235 g/mol. The molecule has 0 saturated heterocycles.